The Balaban J connectivity index is 1.73. The first-order valence-electron chi connectivity index (χ1n) is 13.8. The smallest absolute Gasteiger partial charge is 0.338 e. The van der Waals surface area contributed by atoms with Crippen molar-refractivity contribution in [3.63, 3.8) is 0 Å². The fraction of sp³-hybridized carbons (Fsp3) is 0.367. The molecule has 42 heavy (non-hydrogen) atoms. The third-order valence-electron chi connectivity index (χ3n) is 7.28. The summed E-state index contributed by atoms with van der Waals surface area (Å²) >= 11 is 1.17. The first-order valence-corrected chi connectivity index (χ1v) is 14.6. The number of hydrogen-bond acceptors (Lipinski definition) is 10. The van der Waals surface area contributed by atoms with Gasteiger partial charge in [-0.1, -0.05) is 17.4 Å². The summed E-state index contributed by atoms with van der Waals surface area (Å²) < 4.78 is 18.5. The van der Waals surface area contributed by atoms with Gasteiger partial charge in [-0.2, -0.15) is 0 Å². The van der Waals surface area contributed by atoms with Crippen LogP contribution in [-0.2, 0) is 9.53 Å². The standard InChI is InChI=1S/C30H32N4O7S/c1-5-40-24-16-19(9-12-23(24)39-4)27-26(29(36)41-6-2)18(3)31-30-33(27)28(35)25(42-30)17-20-15-21(34(37)38)10-11-22(20)32-13-7-8-14-32/h9-12,15-17,27H,5-8,13-14H2,1-4H3/b25-17+/t27-/m1/s1. The number of thiazole rings is 1. The minimum atomic E-state index is -0.837. The third-order valence-corrected chi connectivity index (χ3v) is 8.26. The summed E-state index contributed by atoms with van der Waals surface area (Å²) in [4.78, 5) is 45.7. The van der Waals surface area contributed by atoms with E-state index in [1.165, 1.54) is 28.0 Å². The van der Waals surface area contributed by atoms with Crippen LogP contribution in [0, 0.1) is 10.1 Å². The lowest BCUT2D eigenvalue weighted by atomic mass is 9.95. The Kier molecular flexibility index (Phi) is 8.44. The number of benzene rings is 2. The van der Waals surface area contributed by atoms with E-state index >= 15 is 0 Å². The molecular weight excluding hydrogens is 560 g/mol. The summed E-state index contributed by atoms with van der Waals surface area (Å²) in [6, 6.07) is 9.17. The van der Waals surface area contributed by atoms with Crippen molar-refractivity contribution in [3.05, 3.63) is 88.6 Å². The molecule has 220 valence electrons. The molecule has 3 heterocycles. The maximum absolute atomic E-state index is 14.1. The van der Waals surface area contributed by atoms with Crippen molar-refractivity contribution in [3.8, 4) is 11.5 Å². The summed E-state index contributed by atoms with van der Waals surface area (Å²) in [5.74, 6) is 0.428. The molecule has 1 saturated heterocycles. The molecule has 0 unspecified atom stereocenters. The Bertz CT molecular complexity index is 1750. The second-order valence-electron chi connectivity index (χ2n) is 9.84. The van der Waals surface area contributed by atoms with Crippen LogP contribution in [0.25, 0.3) is 6.08 Å². The van der Waals surface area contributed by atoms with Crippen molar-refractivity contribution in [2.45, 2.75) is 39.7 Å². The molecule has 1 aromatic heterocycles. The van der Waals surface area contributed by atoms with E-state index in [4.69, 9.17) is 14.2 Å². The van der Waals surface area contributed by atoms with Gasteiger partial charge in [-0.15, -0.1) is 0 Å². The zero-order valence-corrected chi connectivity index (χ0v) is 24.7. The number of nitrogens with zero attached hydrogens (tertiary/aromatic N) is 4. The second kappa shape index (κ2) is 12.2. The molecule has 0 aliphatic carbocycles. The first kappa shape index (κ1) is 29.1. The number of ether oxygens (including phenoxy) is 3. The minimum Gasteiger partial charge on any atom is -0.493 e. The lowest BCUT2D eigenvalue weighted by Crippen LogP contribution is -2.40. The van der Waals surface area contributed by atoms with Crippen LogP contribution in [0.2, 0.25) is 0 Å². The molecule has 3 aromatic rings. The molecule has 2 aromatic carbocycles. The average molecular weight is 593 g/mol. The van der Waals surface area contributed by atoms with Crippen LogP contribution in [0.1, 0.15) is 50.8 Å². The summed E-state index contributed by atoms with van der Waals surface area (Å²) in [5, 5.41) is 11.6. The highest BCUT2D eigenvalue weighted by Crippen LogP contribution is 2.36. The van der Waals surface area contributed by atoms with Gasteiger partial charge in [0.05, 0.1) is 47.1 Å². The number of methoxy groups -OCH3 is 1. The molecule has 0 bridgehead atoms. The van der Waals surface area contributed by atoms with Crippen LogP contribution in [0.4, 0.5) is 11.4 Å². The lowest BCUT2D eigenvalue weighted by Gasteiger charge is -2.25. The van der Waals surface area contributed by atoms with Crippen molar-refractivity contribution >= 4 is 34.8 Å². The number of rotatable bonds is 9. The van der Waals surface area contributed by atoms with Gasteiger partial charge in [0.15, 0.2) is 16.3 Å². The number of allylic oxidation sites excluding steroid dienone is 1. The van der Waals surface area contributed by atoms with Gasteiger partial charge in [0.2, 0.25) is 0 Å². The van der Waals surface area contributed by atoms with E-state index < -0.39 is 16.9 Å². The number of aromatic nitrogens is 1. The summed E-state index contributed by atoms with van der Waals surface area (Å²) in [7, 11) is 1.54. The molecule has 5 rings (SSSR count). The van der Waals surface area contributed by atoms with Gasteiger partial charge in [0.1, 0.15) is 0 Å². The van der Waals surface area contributed by atoms with E-state index in [0.29, 0.717) is 44.3 Å². The Morgan fingerprint density at radius 1 is 1.14 bits per heavy atom. The molecule has 0 spiro atoms. The molecule has 0 N–H and O–H groups in total. The Labute approximate surface area is 246 Å². The average Bonchev–Trinajstić information content (AvgIpc) is 3.61. The van der Waals surface area contributed by atoms with Crippen molar-refractivity contribution in [1.29, 1.82) is 0 Å². The van der Waals surface area contributed by atoms with Crippen molar-refractivity contribution in [2.75, 3.05) is 38.3 Å². The topological polar surface area (TPSA) is 126 Å². The van der Waals surface area contributed by atoms with E-state index in [2.05, 4.69) is 9.89 Å². The predicted molar refractivity (Wildman–Crippen MR) is 159 cm³/mol. The predicted octanol–water partition coefficient (Wildman–Crippen LogP) is 3.71. The fourth-order valence-corrected chi connectivity index (χ4v) is 6.43. The number of hydrogen-bond donors (Lipinski definition) is 0. The van der Waals surface area contributed by atoms with Crippen LogP contribution >= 0.6 is 11.3 Å². The zero-order valence-electron chi connectivity index (χ0n) is 23.9. The number of fused-ring (bicyclic) bond motifs is 1. The number of nitro benzene ring substituents is 1. The van der Waals surface area contributed by atoms with E-state index in [-0.39, 0.29) is 23.4 Å². The summed E-state index contributed by atoms with van der Waals surface area (Å²) in [5.41, 5.74) is 2.29. The molecule has 1 fully saturated rings. The molecule has 2 aliphatic heterocycles. The zero-order chi connectivity index (χ0) is 30.0. The Hall–Kier alpha value is -4.45. The fourth-order valence-electron chi connectivity index (χ4n) is 5.40. The molecule has 0 amide bonds. The second-order valence-corrected chi connectivity index (χ2v) is 10.8. The highest BCUT2D eigenvalue weighted by Gasteiger charge is 2.34. The highest BCUT2D eigenvalue weighted by molar-refractivity contribution is 7.07. The maximum Gasteiger partial charge on any atom is 0.338 e. The monoisotopic (exact) mass is 592 g/mol. The molecule has 0 saturated carbocycles. The first-order chi connectivity index (χ1) is 20.3. The van der Waals surface area contributed by atoms with E-state index in [1.54, 1.807) is 51.3 Å². The Morgan fingerprint density at radius 3 is 2.57 bits per heavy atom. The molecule has 12 heteroatoms. The Morgan fingerprint density at radius 2 is 1.90 bits per heavy atom. The van der Waals surface area contributed by atoms with Gasteiger partial charge in [0.25, 0.3) is 11.2 Å². The number of anilines is 1. The molecule has 2 aliphatic rings. The SMILES string of the molecule is CCOC(=O)C1=C(C)N=c2s/c(=C/c3cc([N+](=O)[O-])ccc3N3CCCC3)c(=O)n2[C@@H]1c1ccc(OC)c(OCC)c1. The minimum absolute atomic E-state index is 0.0584. The number of non-ortho nitro benzene ring substituents is 1. The number of nitro groups is 1. The van der Waals surface area contributed by atoms with E-state index in [1.807, 2.05) is 6.92 Å². The van der Waals surface area contributed by atoms with Crippen LogP contribution < -0.4 is 29.3 Å². The van der Waals surface area contributed by atoms with Gasteiger partial charge in [-0.3, -0.25) is 19.5 Å². The van der Waals surface area contributed by atoms with E-state index in [0.717, 1.165) is 31.6 Å². The number of carbonyl (C=O) groups is 1. The number of esters is 1. The van der Waals surface area contributed by atoms with Gasteiger partial charge < -0.3 is 19.1 Å². The van der Waals surface area contributed by atoms with Crippen molar-refractivity contribution < 1.29 is 23.9 Å². The molecule has 1 atom stereocenters. The molecule has 11 nitrogen and oxygen atoms in total. The number of carbonyl (C=O) groups excluding carboxylic acids is 1. The summed E-state index contributed by atoms with van der Waals surface area (Å²) in [6.07, 6.45) is 3.74. The van der Waals surface area contributed by atoms with Gasteiger partial charge in [-0.05, 0) is 63.5 Å². The molecule has 0 radical (unpaired) electrons. The van der Waals surface area contributed by atoms with Crippen molar-refractivity contribution in [2.24, 2.45) is 4.99 Å². The van der Waals surface area contributed by atoms with Crippen LogP contribution in [0.5, 0.6) is 11.5 Å². The largest absolute Gasteiger partial charge is 0.493 e. The van der Waals surface area contributed by atoms with Crippen LogP contribution in [-0.4, -0.2) is 48.9 Å². The van der Waals surface area contributed by atoms with Gasteiger partial charge in [0, 0.05) is 36.5 Å². The van der Waals surface area contributed by atoms with E-state index in [9.17, 15) is 19.7 Å². The third kappa shape index (κ3) is 5.41. The van der Waals surface area contributed by atoms with Crippen LogP contribution in [0.3, 0.4) is 0 Å². The van der Waals surface area contributed by atoms with Crippen LogP contribution in [0.15, 0.2) is 57.5 Å². The molecular formula is C30H32N4O7S. The van der Waals surface area contributed by atoms with Gasteiger partial charge in [-0.25, -0.2) is 9.79 Å². The van der Waals surface area contributed by atoms with Crippen molar-refractivity contribution in [1.82, 2.24) is 4.57 Å². The summed E-state index contributed by atoms with van der Waals surface area (Å²) in [6.45, 7) is 7.51. The maximum atomic E-state index is 14.1. The normalized spacial score (nSPS) is 16.7. The van der Waals surface area contributed by atoms with Gasteiger partial charge >= 0.3 is 5.97 Å². The quantitative estimate of drug-likeness (QED) is 0.209. The lowest BCUT2D eigenvalue weighted by molar-refractivity contribution is -0.384. The highest BCUT2D eigenvalue weighted by atomic mass is 32.1.